The van der Waals surface area contributed by atoms with Crippen LogP contribution in [0.1, 0.15) is 39.2 Å². The van der Waals surface area contributed by atoms with Crippen LogP contribution in [0, 0.1) is 5.41 Å². The third kappa shape index (κ3) is 2.23. The van der Waals surface area contributed by atoms with Gasteiger partial charge in [0.1, 0.15) is 0 Å². The molecule has 0 saturated heterocycles. The summed E-state index contributed by atoms with van der Waals surface area (Å²) in [5, 5.41) is 3.43. The van der Waals surface area contributed by atoms with Gasteiger partial charge in [-0.15, -0.1) is 0 Å². The van der Waals surface area contributed by atoms with E-state index in [2.05, 4.69) is 42.0 Å². The molecule has 0 aromatic carbocycles. The van der Waals surface area contributed by atoms with E-state index < -0.39 is 0 Å². The smallest absolute Gasteiger partial charge is 0.0949 e. The zero-order chi connectivity index (χ0) is 10.9. The summed E-state index contributed by atoms with van der Waals surface area (Å²) in [5.41, 5.74) is 0.461. The summed E-state index contributed by atoms with van der Waals surface area (Å²) in [4.78, 5) is 4.15. The number of hydrogen-bond acceptors (Lipinski definition) is 2. The molecule has 0 spiro atoms. The molecule has 0 amide bonds. The van der Waals surface area contributed by atoms with Gasteiger partial charge < -0.3 is 9.88 Å². The van der Waals surface area contributed by atoms with Crippen molar-refractivity contribution in [2.45, 2.75) is 45.2 Å². The van der Waals surface area contributed by atoms with E-state index >= 15 is 0 Å². The van der Waals surface area contributed by atoms with Crippen molar-refractivity contribution >= 4 is 0 Å². The molecular formula is C12H21N3. The number of likely N-dealkylation sites (N-methyl/N-ethyl adjacent to an activating group) is 1. The summed E-state index contributed by atoms with van der Waals surface area (Å²) in [6.07, 6.45) is 9.69. The highest BCUT2D eigenvalue weighted by Crippen LogP contribution is 2.40. The second kappa shape index (κ2) is 3.97. The van der Waals surface area contributed by atoms with Crippen molar-refractivity contribution in [3.63, 3.8) is 0 Å². The highest BCUT2D eigenvalue weighted by Gasteiger charge is 2.34. The Morgan fingerprint density at radius 3 is 2.87 bits per heavy atom. The Morgan fingerprint density at radius 2 is 2.27 bits per heavy atom. The van der Waals surface area contributed by atoms with E-state index in [9.17, 15) is 0 Å². The maximum atomic E-state index is 4.15. The predicted octanol–water partition coefficient (Wildman–Crippen LogP) is 2.22. The van der Waals surface area contributed by atoms with Gasteiger partial charge in [-0.1, -0.05) is 13.8 Å². The summed E-state index contributed by atoms with van der Waals surface area (Å²) in [5.74, 6) is 0. The first kappa shape index (κ1) is 10.7. The van der Waals surface area contributed by atoms with E-state index in [0.29, 0.717) is 17.5 Å². The van der Waals surface area contributed by atoms with Crippen LogP contribution in [-0.4, -0.2) is 22.6 Å². The Bertz CT molecular complexity index is 303. The van der Waals surface area contributed by atoms with E-state index in [1.807, 2.05) is 12.5 Å². The molecule has 2 atom stereocenters. The minimum atomic E-state index is 0.461. The van der Waals surface area contributed by atoms with Crippen LogP contribution in [0.4, 0.5) is 0 Å². The molecule has 1 aromatic rings. The van der Waals surface area contributed by atoms with Gasteiger partial charge in [-0.25, -0.2) is 4.98 Å². The van der Waals surface area contributed by atoms with E-state index in [0.717, 1.165) is 0 Å². The van der Waals surface area contributed by atoms with Gasteiger partial charge in [0.25, 0.3) is 0 Å². The van der Waals surface area contributed by atoms with Gasteiger partial charge in [-0.2, -0.15) is 0 Å². The fourth-order valence-electron chi connectivity index (χ4n) is 2.66. The molecular weight excluding hydrogens is 186 g/mol. The summed E-state index contributed by atoms with van der Waals surface area (Å²) >= 11 is 0. The number of rotatable bonds is 2. The summed E-state index contributed by atoms with van der Waals surface area (Å²) in [6.45, 7) is 4.73. The Labute approximate surface area is 91.9 Å². The Morgan fingerprint density at radius 1 is 1.47 bits per heavy atom. The highest BCUT2D eigenvalue weighted by atomic mass is 15.1. The van der Waals surface area contributed by atoms with Crippen LogP contribution >= 0.6 is 0 Å². The SMILES string of the molecule is CNC1CCC(C)(C)CC1n1ccnc1. The van der Waals surface area contributed by atoms with E-state index in [1.54, 1.807) is 0 Å². The van der Waals surface area contributed by atoms with E-state index in [4.69, 9.17) is 0 Å². The third-order valence-corrected chi connectivity index (χ3v) is 3.64. The lowest BCUT2D eigenvalue weighted by Crippen LogP contribution is -2.42. The van der Waals surface area contributed by atoms with Crippen molar-refractivity contribution in [2.75, 3.05) is 7.05 Å². The molecule has 1 aromatic heterocycles. The van der Waals surface area contributed by atoms with Crippen LogP contribution in [0.15, 0.2) is 18.7 Å². The topological polar surface area (TPSA) is 29.9 Å². The molecule has 2 rings (SSSR count). The van der Waals surface area contributed by atoms with Gasteiger partial charge in [0.15, 0.2) is 0 Å². The molecule has 3 heteroatoms. The van der Waals surface area contributed by atoms with Gasteiger partial charge in [-0.05, 0) is 31.7 Å². The van der Waals surface area contributed by atoms with Crippen molar-refractivity contribution in [3.8, 4) is 0 Å². The van der Waals surface area contributed by atoms with Gasteiger partial charge >= 0.3 is 0 Å². The fourth-order valence-corrected chi connectivity index (χ4v) is 2.66. The quantitative estimate of drug-likeness (QED) is 0.806. The van der Waals surface area contributed by atoms with Crippen LogP contribution in [0.3, 0.4) is 0 Å². The summed E-state index contributed by atoms with van der Waals surface area (Å²) in [7, 11) is 2.06. The average molecular weight is 207 g/mol. The first-order valence-corrected chi connectivity index (χ1v) is 5.77. The molecule has 84 valence electrons. The van der Waals surface area contributed by atoms with Crippen molar-refractivity contribution in [1.82, 2.24) is 14.9 Å². The third-order valence-electron chi connectivity index (χ3n) is 3.64. The molecule has 1 fully saturated rings. The minimum absolute atomic E-state index is 0.461. The standard InChI is InChI=1S/C12H21N3/c1-12(2)5-4-10(13-3)11(8-12)15-7-6-14-9-15/h6-7,9-11,13H,4-5,8H2,1-3H3. The van der Waals surface area contributed by atoms with Crippen molar-refractivity contribution in [1.29, 1.82) is 0 Å². The zero-order valence-electron chi connectivity index (χ0n) is 9.90. The van der Waals surface area contributed by atoms with Crippen LogP contribution < -0.4 is 5.32 Å². The van der Waals surface area contributed by atoms with Crippen molar-refractivity contribution in [2.24, 2.45) is 5.41 Å². The van der Waals surface area contributed by atoms with E-state index in [-0.39, 0.29) is 0 Å². The molecule has 15 heavy (non-hydrogen) atoms. The highest BCUT2D eigenvalue weighted by molar-refractivity contribution is 4.94. The van der Waals surface area contributed by atoms with Crippen LogP contribution in [0.2, 0.25) is 0 Å². The normalized spacial score (nSPS) is 30.3. The van der Waals surface area contributed by atoms with Crippen LogP contribution in [0.25, 0.3) is 0 Å². The average Bonchev–Trinajstić information content (AvgIpc) is 2.69. The summed E-state index contributed by atoms with van der Waals surface area (Å²) < 4.78 is 2.25. The maximum absolute atomic E-state index is 4.15. The van der Waals surface area contributed by atoms with Gasteiger partial charge in [0.2, 0.25) is 0 Å². The Balaban J connectivity index is 2.18. The zero-order valence-corrected chi connectivity index (χ0v) is 9.90. The lowest BCUT2D eigenvalue weighted by Gasteiger charge is -2.41. The first-order chi connectivity index (χ1) is 7.12. The Hall–Kier alpha value is -0.830. The maximum Gasteiger partial charge on any atom is 0.0949 e. The molecule has 1 saturated carbocycles. The van der Waals surface area contributed by atoms with Gasteiger partial charge in [-0.3, -0.25) is 0 Å². The largest absolute Gasteiger partial charge is 0.333 e. The molecule has 0 aliphatic heterocycles. The molecule has 1 N–H and O–H groups in total. The lowest BCUT2D eigenvalue weighted by molar-refractivity contribution is 0.147. The van der Waals surface area contributed by atoms with Gasteiger partial charge in [0, 0.05) is 18.4 Å². The second-order valence-corrected chi connectivity index (χ2v) is 5.38. The summed E-state index contributed by atoms with van der Waals surface area (Å²) in [6, 6.07) is 1.15. The molecule has 1 heterocycles. The molecule has 1 aliphatic rings. The van der Waals surface area contributed by atoms with E-state index in [1.165, 1.54) is 19.3 Å². The number of hydrogen-bond donors (Lipinski definition) is 1. The van der Waals surface area contributed by atoms with Crippen LogP contribution in [-0.2, 0) is 0 Å². The van der Waals surface area contributed by atoms with Gasteiger partial charge in [0.05, 0.1) is 12.4 Å². The lowest BCUT2D eigenvalue weighted by atomic mass is 9.73. The number of nitrogens with zero attached hydrogens (tertiary/aromatic N) is 2. The van der Waals surface area contributed by atoms with Crippen LogP contribution in [0.5, 0.6) is 0 Å². The predicted molar refractivity (Wildman–Crippen MR) is 61.7 cm³/mol. The number of imidazole rings is 1. The molecule has 3 nitrogen and oxygen atoms in total. The fraction of sp³-hybridized carbons (Fsp3) is 0.750. The molecule has 0 radical (unpaired) electrons. The number of nitrogens with one attached hydrogen (secondary N) is 1. The van der Waals surface area contributed by atoms with Crippen molar-refractivity contribution in [3.05, 3.63) is 18.7 Å². The monoisotopic (exact) mass is 207 g/mol. The second-order valence-electron chi connectivity index (χ2n) is 5.38. The van der Waals surface area contributed by atoms with Crippen molar-refractivity contribution < 1.29 is 0 Å². The Kier molecular flexibility index (Phi) is 2.83. The minimum Gasteiger partial charge on any atom is -0.333 e. The molecule has 1 aliphatic carbocycles. The first-order valence-electron chi connectivity index (χ1n) is 5.77. The molecule has 0 bridgehead atoms. The molecule has 2 unspecified atom stereocenters. The number of aromatic nitrogens is 2.